The van der Waals surface area contributed by atoms with Gasteiger partial charge in [-0.2, -0.15) is 0 Å². The molecule has 2 aromatic rings. The fourth-order valence-electron chi connectivity index (χ4n) is 1.93. The zero-order chi connectivity index (χ0) is 13.5. The summed E-state index contributed by atoms with van der Waals surface area (Å²) in [6.07, 6.45) is 1.73. The maximum absolute atomic E-state index is 8.70. The Morgan fingerprint density at radius 1 is 0.895 bits per heavy atom. The molecule has 0 saturated heterocycles. The van der Waals surface area contributed by atoms with Crippen molar-refractivity contribution in [2.45, 2.75) is 19.8 Å². The van der Waals surface area contributed by atoms with Crippen LogP contribution in [-0.2, 0) is 6.42 Å². The Labute approximate surface area is 114 Å². The van der Waals surface area contributed by atoms with Crippen molar-refractivity contribution in [1.82, 2.24) is 0 Å². The van der Waals surface area contributed by atoms with Gasteiger partial charge in [0.1, 0.15) is 5.75 Å². The number of aliphatic hydroxyl groups excluding tert-OH is 1. The van der Waals surface area contributed by atoms with Crippen LogP contribution < -0.4 is 4.74 Å². The van der Waals surface area contributed by atoms with E-state index in [0.717, 1.165) is 12.2 Å². The van der Waals surface area contributed by atoms with E-state index in [2.05, 4.69) is 43.3 Å². The minimum Gasteiger partial charge on any atom is -0.494 e. The van der Waals surface area contributed by atoms with Crippen LogP contribution in [0.2, 0.25) is 0 Å². The summed E-state index contributed by atoms with van der Waals surface area (Å²) >= 11 is 0. The fourth-order valence-corrected chi connectivity index (χ4v) is 1.93. The first-order valence-corrected chi connectivity index (χ1v) is 6.76. The summed E-state index contributed by atoms with van der Waals surface area (Å²) in [5.41, 5.74) is 3.77. The highest BCUT2D eigenvalue weighted by atomic mass is 16.5. The van der Waals surface area contributed by atoms with Crippen molar-refractivity contribution >= 4 is 0 Å². The van der Waals surface area contributed by atoms with E-state index >= 15 is 0 Å². The maximum atomic E-state index is 8.70. The van der Waals surface area contributed by atoms with Crippen molar-refractivity contribution in [3.05, 3.63) is 54.1 Å². The van der Waals surface area contributed by atoms with Crippen molar-refractivity contribution in [2.75, 3.05) is 13.2 Å². The van der Waals surface area contributed by atoms with Crippen LogP contribution in [0.3, 0.4) is 0 Å². The zero-order valence-corrected chi connectivity index (χ0v) is 11.3. The summed E-state index contributed by atoms with van der Waals surface area (Å²) in [6, 6.07) is 16.7. The lowest BCUT2D eigenvalue weighted by Gasteiger charge is -2.07. The molecule has 2 aromatic carbocycles. The summed E-state index contributed by atoms with van der Waals surface area (Å²) in [4.78, 5) is 0. The summed E-state index contributed by atoms with van der Waals surface area (Å²) in [6.45, 7) is 2.89. The molecule has 2 heteroatoms. The lowest BCUT2D eigenvalue weighted by molar-refractivity contribution is 0.233. The van der Waals surface area contributed by atoms with Gasteiger partial charge in [0.2, 0.25) is 0 Å². The van der Waals surface area contributed by atoms with Gasteiger partial charge in [0.05, 0.1) is 6.61 Å². The van der Waals surface area contributed by atoms with Gasteiger partial charge in [0, 0.05) is 13.0 Å². The topological polar surface area (TPSA) is 29.5 Å². The second-order valence-corrected chi connectivity index (χ2v) is 4.50. The van der Waals surface area contributed by atoms with E-state index in [-0.39, 0.29) is 6.61 Å². The fraction of sp³-hybridized carbons (Fsp3) is 0.294. The molecule has 0 aromatic heterocycles. The molecule has 0 bridgehead atoms. The first-order chi connectivity index (χ1) is 9.33. The second kappa shape index (κ2) is 6.95. The number of hydrogen-bond donors (Lipinski definition) is 1. The Morgan fingerprint density at radius 3 is 2.00 bits per heavy atom. The molecule has 0 atom stereocenters. The Hall–Kier alpha value is -1.80. The molecule has 0 aliphatic heterocycles. The van der Waals surface area contributed by atoms with Gasteiger partial charge in [-0.15, -0.1) is 0 Å². The molecule has 0 aliphatic carbocycles. The first kappa shape index (κ1) is 13.6. The predicted molar refractivity (Wildman–Crippen MR) is 78.5 cm³/mol. The van der Waals surface area contributed by atoms with E-state index in [1.165, 1.54) is 16.7 Å². The number of benzene rings is 2. The molecule has 2 nitrogen and oxygen atoms in total. The van der Waals surface area contributed by atoms with Crippen LogP contribution >= 0.6 is 0 Å². The van der Waals surface area contributed by atoms with E-state index in [9.17, 15) is 0 Å². The number of hydrogen-bond acceptors (Lipinski definition) is 2. The number of rotatable bonds is 6. The summed E-state index contributed by atoms with van der Waals surface area (Å²) in [5, 5.41) is 8.70. The van der Waals surface area contributed by atoms with Crippen molar-refractivity contribution in [1.29, 1.82) is 0 Å². The third-order valence-corrected chi connectivity index (χ3v) is 3.12. The molecular formula is C17H20O2. The van der Waals surface area contributed by atoms with Crippen LogP contribution in [-0.4, -0.2) is 18.3 Å². The smallest absolute Gasteiger partial charge is 0.119 e. The van der Waals surface area contributed by atoms with Crippen molar-refractivity contribution in [3.63, 3.8) is 0 Å². The monoisotopic (exact) mass is 256 g/mol. The molecule has 0 unspecified atom stereocenters. The van der Waals surface area contributed by atoms with Gasteiger partial charge in [-0.05, 0) is 35.2 Å². The lowest BCUT2D eigenvalue weighted by Crippen LogP contribution is -1.99. The Morgan fingerprint density at radius 2 is 1.47 bits per heavy atom. The van der Waals surface area contributed by atoms with Gasteiger partial charge in [-0.25, -0.2) is 0 Å². The lowest BCUT2D eigenvalue weighted by atomic mass is 10.0. The standard InChI is InChI=1S/C17H20O2/c1-2-14-4-6-15(7-5-14)16-8-10-17(11-9-16)19-13-3-12-18/h4-11,18H,2-3,12-13H2,1H3. The van der Waals surface area contributed by atoms with Crippen molar-refractivity contribution < 1.29 is 9.84 Å². The molecule has 0 saturated carbocycles. The second-order valence-electron chi connectivity index (χ2n) is 4.50. The van der Waals surface area contributed by atoms with E-state index in [4.69, 9.17) is 9.84 Å². The van der Waals surface area contributed by atoms with Gasteiger partial charge in [-0.3, -0.25) is 0 Å². The number of aliphatic hydroxyl groups is 1. The summed E-state index contributed by atoms with van der Waals surface area (Å²) in [7, 11) is 0. The molecular weight excluding hydrogens is 236 g/mol. The van der Waals surface area contributed by atoms with Gasteiger partial charge >= 0.3 is 0 Å². The third kappa shape index (κ3) is 3.83. The summed E-state index contributed by atoms with van der Waals surface area (Å²) in [5.74, 6) is 0.849. The van der Waals surface area contributed by atoms with E-state index in [0.29, 0.717) is 13.0 Å². The van der Waals surface area contributed by atoms with Crippen LogP contribution in [0.15, 0.2) is 48.5 Å². The van der Waals surface area contributed by atoms with E-state index < -0.39 is 0 Å². The van der Waals surface area contributed by atoms with Crippen LogP contribution in [0, 0.1) is 0 Å². The Balaban J connectivity index is 2.04. The van der Waals surface area contributed by atoms with Crippen molar-refractivity contribution in [2.24, 2.45) is 0 Å². The zero-order valence-electron chi connectivity index (χ0n) is 11.3. The molecule has 100 valence electrons. The quantitative estimate of drug-likeness (QED) is 0.799. The molecule has 0 fully saturated rings. The minimum absolute atomic E-state index is 0.169. The van der Waals surface area contributed by atoms with Gasteiger partial charge in [-0.1, -0.05) is 43.3 Å². The predicted octanol–water partition coefficient (Wildman–Crippen LogP) is 3.68. The number of ether oxygens (including phenoxy) is 1. The highest BCUT2D eigenvalue weighted by molar-refractivity contribution is 5.64. The summed E-state index contributed by atoms with van der Waals surface area (Å²) < 4.78 is 5.51. The van der Waals surface area contributed by atoms with E-state index in [1.54, 1.807) is 0 Å². The average molecular weight is 256 g/mol. The minimum atomic E-state index is 0.169. The molecule has 0 spiro atoms. The third-order valence-electron chi connectivity index (χ3n) is 3.12. The largest absolute Gasteiger partial charge is 0.494 e. The first-order valence-electron chi connectivity index (χ1n) is 6.76. The average Bonchev–Trinajstić information content (AvgIpc) is 2.48. The van der Waals surface area contributed by atoms with Crippen LogP contribution in [0.1, 0.15) is 18.9 Å². The van der Waals surface area contributed by atoms with Crippen LogP contribution in [0.5, 0.6) is 5.75 Å². The van der Waals surface area contributed by atoms with E-state index in [1.807, 2.05) is 12.1 Å². The SMILES string of the molecule is CCc1ccc(-c2ccc(OCCCO)cc2)cc1. The highest BCUT2D eigenvalue weighted by Gasteiger charge is 1.99. The normalized spacial score (nSPS) is 10.4. The molecule has 0 amide bonds. The van der Waals surface area contributed by atoms with Crippen LogP contribution in [0.25, 0.3) is 11.1 Å². The molecule has 1 N–H and O–H groups in total. The Kier molecular flexibility index (Phi) is 4.99. The van der Waals surface area contributed by atoms with Crippen LogP contribution in [0.4, 0.5) is 0 Å². The maximum Gasteiger partial charge on any atom is 0.119 e. The van der Waals surface area contributed by atoms with Gasteiger partial charge in [0.15, 0.2) is 0 Å². The Bertz CT molecular complexity index is 486. The highest BCUT2D eigenvalue weighted by Crippen LogP contribution is 2.23. The molecule has 0 aliphatic rings. The van der Waals surface area contributed by atoms with Gasteiger partial charge in [0.25, 0.3) is 0 Å². The molecule has 2 rings (SSSR count). The molecule has 19 heavy (non-hydrogen) atoms. The molecule has 0 radical (unpaired) electrons. The molecule has 0 heterocycles. The van der Waals surface area contributed by atoms with Crippen molar-refractivity contribution in [3.8, 4) is 16.9 Å². The van der Waals surface area contributed by atoms with Gasteiger partial charge < -0.3 is 9.84 Å². The number of aryl methyl sites for hydroxylation is 1.